The van der Waals surface area contributed by atoms with Gasteiger partial charge in [-0.3, -0.25) is 4.79 Å². The van der Waals surface area contributed by atoms with Crippen LogP contribution in [0.2, 0.25) is 0 Å². The van der Waals surface area contributed by atoms with E-state index >= 15 is 0 Å². The van der Waals surface area contributed by atoms with Gasteiger partial charge in [0.1, 0.15) is 5.75 Å². The smallest absolute Gasteiger partial charge is 0.221 e. The first-order chi connectivity index (χ1) is 10.6. The number of hydrogen-bond acceptors (Lipinski definition) is 3. The highest BCUT2D eigenvalue weighted by Gasteiger charge is 2.33. The van der Waals surface area contributed by atoms with Crippen LogP contribution in [0, 0.1) is 5.41 Å². The van der Waals surface area contributed by atoms with E-state index in [2.05, 4.69) is 5.32 Å². The van der Waals surface area contributed by atoms with Gasteiger partial charge in [0, 0.05) is 6.42 Å². The second kappa shape index (κ2) is 7.63. The molecule has 122 valence electrons. The van der Waals surface area contributed by atoms with Crippen LogP contribution in [-0.4, -0.2) is 19.6 Å². The first-order valence-electron chi connectivity index (χ1n) is 8.22. The molecule has 22 heavy (non-hydrogen) atoms. The summed E-state index contributed by atoms with van der Waals surface area (Å²) in [7, 11) is 1.65. The Morgan fingerprint density at radius 3 is 2.45 bits per heavy atom. The Labute approximate surface area is 133 Å². The van der Waals surface area contributed by atoms with Crippen LogP contribution < -0.4 is 15.8 Å². The Morgan fingerprint density at radius 1 is 1.27 bits per heavy atom. The molecular weight excluding hydrogens is 276 g/mol. The molecule has 4 nitrogen and oxygen atoms in total. The minimum absolute atomic E-state index is 0.00294. The number of nitrogens with two attached hydrogens (primary N) is 1. The largest absolute Gasteiger partial charge is 0.497 e. The fraction of sp³-hybridized carbons (Fsp3) is 0.611. The lowest BCUT2D eigenvalue weighted by Crippen LogP contribution is -2.39. The predicted octanol–water partition coefficient (Wildman–Crippen LogP) is 3.17. The van der Waals surface area contributed by atoms with Crippen LogP contribution in [0.4, 0.5) is 0 Å². The van der Waals surface area contributed by atoms with E-state index in [-0.39, 0.29) is 17.4 Å². The molecule has 0 aromatic heterocycles. The zero-order chi connectivity index (χ0) is 16.0. The number of carbonyl (C=O) groups is 1. The van der Waals surface area contributed by atoms with Gasteiger partial charge in [-0.15, -0.1) is 0 Å². The number of hydrogen-bond donors (Lipinski definition) is 2. The maximum absolute atomic E-state index is 12.4. The van der Waals surface area contributed by atoms with Gasteiger partial charge < -0.3 is 15.8 Å². The maximum Gasteiger partial charge on any atom is 0.221 e. The molecule has 1 aromatic carbocycles. The molecule has 1 amide bonds. The van der Waals surface area contributed by atoms with E-state index in [0.717, 1.165) is 24.2 Å². The predicted molar refractivity (Wildman–Crippen MR) is 88.7 cm³/mol. The minimum atomic E-state index is -0.00294. The molecule has 1 fully saturated rings. The average molecular weight is 304 g/mol. The molecule has 0 saturated heterocycles. The summed E-state index contributed by atoms with van der Waals surface area (Å²) in [5.41, 5.74) is 7.07. The summed E-state index contributed by atoms with van der Waals surface area (Å²) in [6.45, 7) is 2.62. The molecule has 3 N–H and O–H groups in total. The summed E-state index contributed by atoms with van der Waals surface area (Å²) in [5.74, 6) is 0.933. The number of ether oxygens (including phenoxy) is 1. The van der Waals surface area contributed by atoms with E-state index in [4.69, 9.17) is 10.5 Å². The Kier molecular flexibility index (Phi) is 5.83. The van der Waals surface area contributed by atoms with E-state index < -0.39 is 0 Å². The highest BCUT2D eigenvalue weighted by Crippen LogP contribution is 2.38. The molecule has 0 radical (unpaired) electrons. The second-order valence-electron chi connectivity index (χ2n) is 6.50. The van der Waals surface area contributed by atoms with E-state index in [1.807, 2.05) is 31.2 Å². The second-order valence-corrected chi connectivity index (χ2v) is 6.50. The third-order valence-corrected chi connectivity index (χ3v) is 4.88. The number of benzene rings is 1. The van der Waals surface area contributed by atoms with Gasteiger partial charge in [0.05, 0.1) is 13.2 Å². The van der Waals surface area contributed by atoms with Crippen molar-refractivity contribution in [3.63, 3.8) is 0 Å². The van der Waals surface area contributed by atoms with Crippen LogP contribution in [0.15, 0.2) is 24.3 Å². The SMILES string of the molecule is COc1ccc(C(C)NC(=O)CC2(CN)CCCCC2)cc1. The lowest BCUT2D eigenvalue weighted by molar-refractivity contribution is -0.124. The number of amides is 1. The van der Waals surface area contributed by atoms with Crippen LogP contribution in [-0.2, 0) is 4.79 Å². The molecule has 0 aliphatic heterocycles. The van der Waals surface area contributed by atoms with Gasteiger partial charge in [0.15, 0.2) is 0 Å². The molecule has 4 heteroatoms. The molecule has 2 rings (SSSR count). The van der Waals surface area contributed by atoms with Gasteiger partial charge in [0.25, 0.3) is 0 Å². The molecule has 0 bridgehead atoms. The van der Waals surface area contributed by atoms with Crippen molar-refractivity contribution < 1.29 is 9.53 Å². The van der Waals surface area contributed by atoms with Gasteiger partial charge in [-0.1, -0.05) is 31.4 Å². The topological polar surface area (TPSA) is 64.3 Å². The normalized spacial score (nSPS) is 18.5. The quantitative estimate of drug-likeness (QED) is 0.848. The van der Waals surface area contributed by atoms with Gasteiger partial charge in [-0.05, 0) is 49.4 Å². The molecule has 1 aromatic rings. The van der Waals surface area contributed by atoms with Crippen molar-refractivity contribution >= 4 is 5.91 Å². The molecular formula is C18H28N2O2. The Hall–Kier alpha value is -1.55. The average Bonchev–Trinajstić information content (AvgIpc) is 2.55. The summed E-state index contributed by atoms with van der Waals surface area (Å²) in [6, 6.07) is 7.81. The zero-order valence-corrected chi connectivity index (χ0v) is 13.7. The number of carbonyl (C=O) groups excluding carboxylic acids is 1. The number of rotatable bonds is 6. The number of nitrogens with one attached hydrogen (secondary N) is 1. The van der Waals surface area contributed by atoms with Gasteiger partial charge in [0.2, 0.25) is 5.91 Å². The minimum Gasteiger partial charge on any atom is -0.497 e. The van der Waals surface area contributed by atoms with Crippen molar-refractivity contribution in [1.29, 1.82) is 0 Å². The molecule has 1 unspecified atom stereocenters. The molecule has 1 atom stereocenters. The van der Waals surface area contributed by atoms with E-state index in [1.54, 1.807) is 7.11 Å². The molecule has 1 aliphatic carbocycles. The van der Waals surface area contributed by atoms with Crippen LogP contribution in [0.1, 0.15) is 57.1 Å². The molecule has 0 heterocycles. The Balaban J connectivity index is 1.92. The van der Waals surface area contributed by atoms with E-state index in [0.29, 0.717) is 13.0 Å². The summed E-state index contributed by atoms with van der Waals surface area (Å²) in [6.07, 6.45) is 6.36. The molecule has 0 spiro atoms. The van der Waals surface area contributed by atoms with Crippen molar-refractivity contribution in [2.45, 2.75) is 51.5 Å². The van der Waals surface area contributed by atoms with Crippen LogP contribution in [0.5, 0.6) is 5.75 Å². The van der Waals surface area contributed by atoms with Crippen LogP contribution in [0.3, 0.4) is 0 Å². The van der Waals surface area contributed by atoms with Crippen molar-refractivity contribution in [3.8, 4) is 5.75 Å². The van der Waals surface area contributed by atoms with Crippen LogP contribution >= 0.6 is 0 Å². The fourth-order valence-electron chi connectivity index (χ4n) is 3.36. The third-order valence-electron chi connectivity index (χ3n) is 4.88. The van der Waals surface area contributed by atoms with Gasteiger partial charge in [-0.25, -0.2) is 0 Å². The summed E-state index contributed by atoms with van der Waals surface area (Å²) in [4.78, 5) is 12.4. The first-order valence-corrected chi connectivity index (χ1v) is 8.22. The molecule has 1 saturated carbocycles. The monoisotopic (exact) mass is 304 g/mol. The van der Waals surface area contributed by atoms with E-state index in [9.17, 15) is 4.79 Å². The lowest BCUT2D eigenvalue weighted by atomic mass is 9.71. The fourth-order valence-corrected chi connectivity index (χ4v) is 3.36. The van der Waals surface area contributed by atoms with Crippen molar-refractivity contribution in [3.05, 3.63) is 29.8 Å². The highest BCUT2D eigenvalue weighted by molar-refractivity contribution is 5.77. The Morgan fingerprint density at radius 2 is 1.91 bits per heavy atom. The maximum atomic E-state index is 12.4. The van der Waals surface area contributed by atoms with Gasteiger partial charge in [-0.2, -0.15) is 0 Å². The zero-order valence-electron chi connectivity index (χ0n) is 13.7. The first kappa shape index (κ1) is 16.8. The third kappa shape index (κ3) is 4.23. The Bertz CT molecular complexity index is 478. The summed E-state index contributed by atoms with van der Waals surface area (Å²) < 4.78 is 5.16. The summed E-state index contributed by atoms with van der Waals surface area (Å²) in [5, 5.41) is 3.10. The van der Waals surface area contributed by atoms with Crippen LogP contribution in [0.25, 0.3) is 0 Å². The van der Waals surface area contributed by atoms with Crippen molar-refractivity contribution in [2.24, 2.45) is 11.1 Å². The standard InChI is InChI=1S/C18H28N2O2/c1-14(15-6-8-16(22-2)9-7-15)20-17(21)12-18(13-19)10-4-3-5-11-18/h6-9,14H,3-5,10-13,19H2,1-2H3,(H,20,21). The highest BCUT2D eigenvalue weighted by atomic mass is 16.5. The molecule has 1 aliphatic rings. The lowest BCUT2D eigenvalue weighted by Gasteiger charge is -2.36. The van der Waals surface area contributed by atoms with Gasteiger partial charge >= 0.3 is 0 Å². The number of methoxy groups -OCH3 is 1. The summed E-state index contributed by atoms with van der Waals surface area (Å²) >= 11 is 0. The van der Waals surface area contributed by atoms with Crippen molar-refractivity contribution in [1.82, 2.24) is 5.32 Å². The van der Waals surface area contributed by atoms with E-state index in [1.165, 1.54) is 19.3 Å². The van der Waals surface area contributed by atoms with Crippen molar-refractivity contribution in [2.75, 3.05) is 13.7 Å².